The van der Waals surface area contributed by atoms with Gasteiger partial charge >= 0.3 is 0 Å². The van der Waals surface area contributed by atoms with Crippen molar-refractivity contribution in [1.82, 2.24) is 0 Å². The van der Waals surface area contributed by atoms with Crippen LogP contribution in [0, 0.1) is 18.4 Å². The monoisotopic (exact) mass is 664 g/mol. The largest absolute Gasteiger partial charge is 0.229 e. The van der Waals surface area contributed by atoms with Crippen LogP contribution in [-0.2, 0) is 10.8 Å². The van der Waals surface area contributed by atoms with E-state index < -0.39 is 8.07 Å². The van der Waals surface area contributed by atoms with Crippen LogP contribution in [0.3, 0.4) is 0 Å². The number of allylic oxidation sites excluding steroid dienone is 4. The number of hydrogen-bond acceptors (Lipinski definition) is 0. The Hall–Kier alpha value is -4.90. The third-order valence-corrected chi connectivity index (χ3v) is 14.5. The zero-order valence-corrected chi connectivity index (χ0v) is 31.7. The summed E-state index contributed by atoms with van der Waals surface area (Å²) in [5.74, 6) is 3.97. The van der Waals surface area contributed by atoms with E-state index >= 15 is 0 Å². The van der Waals surface area contributed by atoms with E-state index in [-0.39, 0.29) is 10.8 Å². The first-order valence-electron chi connectivity index (χ1n) is 18.1. The molecular weight excluding hydrogens is 617 g/mol. The van der Waals surface area contributed by atoms with E-state index in [0.717, 1.165) is 18.4 Å². The zero-order chi connectivity index (χ0) is 35.1. The molecule has 1 aliphatic rings. The highest BCUT2D eigenvalue weighted by Gasteiger charge is 2.39. The van der Waals surface area contributed by atoms with Crippen LogP contribution in [0.5, 0.6) is 0 Å². The van der Waals surface area contributed by atoms with Crippen molar-refractivity contribution in [1.29, 1.82) is 0 Å². The maximum Gasteiger partial charge on any atom is 0.229 e. The van der Waals surface area contributed by atoms with Crippen LogP contribution >= 0.6 is 0 Å². The van der Waals surface area contributed by atoms with Crippen molar-refractivity contribution in [2.45, 2.75) is 72.1 Å². The van der Waals surface area contributed by atoms with E-state index in [0.29, 0.717) is 0 Å². The maximum absolute atomic E-state index is 4.14. The highest BCUT2D eigenvalue weighted by Crippen LogP contribution is 2.42. The summed E-state index contributed by atoms with van der Waals surface area (Å²) in [7, 11) is -2.74. The molecule has 248 valence electrons. The lowest BCUT2D eigenvalue weighted by molar-refractivity contribution is 0.569. The average molecular weight is 665 g/mol. The van der Waals surface area contributed by atoms with Crippen LogP contribution in [-0.4, -0.2) is 8.07 Å². The van der Waals surface area contributed by atoms with Gasteiger partial charge in [-0.05, 0) is 90.0 Å². The molecule has 0 spiro atoms. The Bertz CT molecular complexity index is 2260. The molecule has 0 nitrogen and oxygen atoms in total. The number of benzene rings is 6. The summed E-state index contributed by atoms with van der Waals surface area (Å²) in [5, 5.41) is 8.97. The molecule has 6 aromatic rings. The van der Waals surface area contributed by atoms with Crippen molar-refractivity contribution in [3.8, 4) is 22.6 Å². The Balaban J connectivity index is 1.59. The van der Waals surface area contributed by atoms with Gasteiger partial charge in [0.2, 0.25) is 8.07 Å². The van der Waals surface area contributed by atoms with Gasteiger partial charge in [0.05, 0.1) is 0 Å². The Morgan fingerprint density at radius 1 is 0.560 bits per heavy atom. The normalized spacial score (nSPS) is 13.6. The summed E-state index contributed by atoms with van der Waals surface area (Å²) in [6.45, 7) is 16.2. The molecule has 0 unspecified atom stereocenters. The summed E-state index contributed by atoms with van der Waals surface area (Å²) in [6.07, 6.45) is 9.28. The fourth-order valence-corrected chi connectivity index (χ4v) is 11.5. The van der Waals surface area contributed by atoms with Gasteiger partial charge in [0, 0.05) is 5.56 Å². The molecule has 0 amide bonds. The van der Waals surface area contributed by atoms with E-state index in [1.54, 1.807) is 0 Å². The third kappa shape index (κ3) is 6.19. The molecule has 0 bridgehead atoms. The van der Waals surface area contributed by atoms with Crippen molar-refractivity contribution in [3.63, 3.8) is 0 Å². The zero-order valence-electron chi connectivity index (χ0n) is 30.7. The average Bonchev–Trinajstić information content (AvgIpc) is 3.12. The smallest absolute Gasteiger partial charge is 0.109 e. The number of fused-ring (bicyclic) bond motifs is 2. The molecule has 0 saturated carbocycles. The minimum atomic E-state index is -2.74. The van der Waals surface area contributed by atoms with Gasteiger partial charge in [-0.2, -0.15) is 0 Å². The topological polar surface area (TPSA) is 0 Å². The Labute approximate surface area is 300 Å². The predicted octanol–water partition coefficient (Wildman–Crippen LogP) is 11.5. The van der Waals surface area contributed by atoms with Gasteiger partial charge in [0.15, 0.2) is 0 Å². The molecule has 6 aromatic carbocycles. The second-order valence-corrected chi connectivity index (χ2v) is 19.5. The van der Waals surface area contributed by atoms with Gasteiger partial charge in [-0.1, -0.05) is 193 Å². The molecule has 0 aromatic heterocycles. The third-order valence-electron chi connectivity index (χ3n) is 10.3. The van der Waals surface area contributed by atoms with Crippen molar-refractivity contribution < 1.29 is 0 Å². The highest BCUT2D eigenvalue weighted by molar-refractivity contribution is 7.13. The van der Waals surface area contributed by atoms with Crippen LogP contribution in [0.4, 0.5) is 0 Å². The minimum absolute atomic E-state index is 0.0219. The second-order valence-electron chi connectivity index (χ2n) is 16.0. The van der Waals surface area contributed by atoms with E-state index in [1.165, 1.54) is 64.9 Å². The van der Waals surface area contributed by atoms with E-state index in [1.807, 2.05) is 0 Å². The molecule has 0 heterocycles. The summed E-state index contributed by atoms with van der Waals surface area (Å²) in [5.41, 5.74) is 11.9. The van der Waals surface area contributed by atoms with Crippen molar-refractivity contribution in [3.05, 3.63) is 167 Å². The molecule has 1 aliphatic carbocycles. The van der Waals surface area contributed by atoms with E-state index in [2.05, 4.69) is 199 Å². The van der Waals surface area contributed by atoms with E-state index in [9.17, 15) is 0 Å². The summed E-state index contributed by atoms with van der Waals surface area (Å²) >= 11 is 0. The Morgan fingerprint density at radius 3 is 1.68 bits per heavy atom. The van der Waals surface area contributed by atoms with Gasteiger partial charge in [-0.3, -0.25) is 0 Å². The lowest BCUT2D eigenvalue weighted by Gasteiger charge is -2.30. The minimum Gasteiger partial charge on any atom is -0.109 e. The molecule has 0 fully saturated rings. The van der Waals surface area contributed by atoms with Crippen LogP contribution in [0.2, 0.25) is 0 Å². The Morgan fingerprint density at radius 2 is 1.12 bits per heavy atom. The number of aryl methyl sites for hydroxylation is 1. The summed E-state index contributed by atoms with van der Waals surface area (Å²) in [4.78, 5) is 0. The van der Waals surface area contributed by atoms with Gasteiger partial charge in [-0.15, -0.1) is 5.54 Å². The van der Waals surface area contributed by atoms with Crippen LogP contribution in [0.25, 0.3) is 32.7 Å². The molecule has 0 saturated heterocycles. The van der Waals surface area contributed by atoms with Crippen LogP contribution in [0.1, 0.15) is 76.6 Å². The van der Waals surface area contributed by atoms with Gasteiger partial charge in [0.25, 0.3) is 0 Å². The Kier molecular flexibility index (Phi) is 8.79. The molecule has 0 radical (unpaired) electrons. The van der Waals surface area contributed by atoms with Gasteiger partial charge < -0.3 is 0 Å². The number of rotatable bonds is 4. The first kappa shape index (κ1) is 33.6. The highest BCUT2D eigenvalue weighted by atomic mass is 28.3. The molecule has 0 N–H and O–H groups in total. The fraction of sp³-hybridized carbons (Fsp3) is 0.224. The second kappa shape index (κ2) is 13.1. The molecular formula is C49H48Si. The van der Waals surface area contributed by atoms with Gasteiger partial charge in [-0.25, -0.2) is 0 Å². The SMILES string of the molecule is Cc1ccc2c(C#C[Si](C3=CCCC=C3)(c3ccccc3)c3ccccc3)c3ccccc3c(-c3cc(C(C)(C)C)cc(C(C)(C)C)c3)c2c1. The predicted molar refractivity (Wildman–Crippen MR) is 220 cm³/mol. The molecule has 50 heavy (non-hydrogen) atoms. The van der Waals surface area contributed by atoms with Crippen molar-refractivity contribution in [2.24, 2.45) is 0 Å². The van der Waals surface area contributed by atoms with Crippen LogP contribution < -0.4 is 10.4 Å². The first-order valence-corrected chi connectivity index (χ1v) is 20.1. The lowest BCUT2D eigenvalue weighted by atomic mass is 9.78. The summed E-state index contributed by atoms with van der Waals surface area (Å²) < 4.78 is 0. The molecule has 1 heteroatoms. The summed E-state index contributed by atoms with van der Waals surface area (Å²) in [6, 6.07) is 45.4. The maximum atomic E-state index is 4.14. The lowest BCUT2D eigenvalue weighted by Crippen LogP contribution is -2.59. The fourth-order valence-electron chi connectivity index (χ4n) is 7.52. The quantitative estimate of drug-likeness (QED) is 0.0999. The molecule has 0 atom stereocenters. The first-order chi connectivity index (χ1) is 24.0. The van der Waals surface area contributed by atoms with Crippen molar-refractivity contribution >= 4 is 40.0 Å². The van der Waals surface area contributed by atoms with E-state index in [4.69, 9.17) is 0 Å². The molecule has 0 aliphatic heterocycles. The van der Waals surface area contributed by atoms with Crippen LogP contribution in [0.15, 0.2) is 145 Å². The standard InChI is InChI=1S/C49H48Si/c1-35-27-28-43-44(29-30-50(39-19-11-8-12-20-39,40-21-13-9-14-22-40)41-23-15-10-16-24-41)42-25-17-18-26-45(42)47(46(43)31-35)36-32-37(48(2,3)4)34-38(33-36)49(5,6)7/h8-9,11-15,17-28,31-34H,10,16H2,1-7H3. The molecule has 7 rings (SSSR count). The number of hydrogen-bond donors (Lipinski definition) is 0. The van der Waals surface area contributed by atoms with Crippen molar-refractivity contribution in [2.75, 3.05) is 0 Å². The van der Waals surface area contributed by atoms with Gasteiger partial charge in [0.1, 0.15) is 0 Å².